The molecule has 10 heteroatoms. The Bertz CT molecular complexity index is 1270. The van der Waals surface area contributed by atoms with Crippen molar-refractivity contribution in [2.75, 3.05) is 0 Å². The standard InChI is InChI=1S/C23H19ClF4N4O/c1-3-32-12-14(10-18(24)21(32)33)20-30-13(2)22(31-20,15-4-7-17(25)8-5-15)16-6-9-19(29-11-16)23(26,27)28/h4-13H,3H2,1-2H3,(H,30,31)/t13-,22?/m0/s1. The third-order valence-corrected chi connectivity index (χ3v) is 5.97. The minimum Gasteiger partial charge on any atom is -0.364 e. The fraction of sp³-hybridized carbons (Fsp3) is 0.261. The molecule has 1 aromatic carbocycles. The number of pyridine rings is 2. The number of rotatable bonds is 4. The number of amidine groups is 1. The van der Waals surface area contributed by atoms with E-state index in [1.807, 2.05) is 6.92 Å². The molecule has 1 unspecified atom stereocenters. The van der Waals surface area contributed by atoms with Gasteiger partial charge in [0.2, 0.25) is 0 Å². The Kier molecular flexibility index (Phi) is 5.78. The van der Waals surface area contributed by atoms with Crippen molar-refractivity contribution in [1.29, 1.82) is 0 Å². The molecule has 5 nitrogen and oxygen atoms in total. The molecule has 33 heavy (non-hydrogen) atoms. The number of aryl methyl sites for hydroxylation is 1. The molecule has 1 N–H and O–H groups in total. The largest absolute Gasteiger partial charge is 0.433 e. The molecule has 0 spiro atoms. The van der Waals surface area contributed by atoms with Crippen LogP contribution in [0.15, 0.2) is 64.6 Å². The first kappa shape index (κ1) is 23.0. The SMILES string of the molecule is CCn1cc(C2=NC(c3ccc(F)cc3)(c3ccc(C(F)(F)F)nc3)[C@H](C)N2)cc(Cl)c1=O. The molecule has 2 aromatic heterocycles. The summed E-state index contributed by atoms with van der Waals surface area (Å²) in [5.74, 6) is -0.0557. The molecule has 0 amide bonds. The van der Waals surface area contributed by atoms with Crippen LogP contribution in [0.25, 0.3) is 0 Å². The number of aromatic nitrogens is 2. The van der Waals surface area contributed by atoms with E-state index in [0.29, 0.717) is 29.1 Å². The molecule has 3 aromatic rings. The van der Waals surface area contributed by atoms with Crippen LogP contribution in [0.3, 0.4) is 0 Å². The van der Waals surface area contributed by atoms with Gasteiger partial charge in [-0.1, -0.05) is 29.8 Å². The first-order chi connectivity index (χ1) is 15.6. The number of aliphatic imine (C=N–C) groups is 1. The second kappa shape index (κ2) is 8.30. The zero-order valence-corrected chi connectivity index (χ0v) is 18.4. The summed E-state index contributed by atoms with van der Waals surface area (Å²) < 4.78 is 54.3. The fourth-order valence-corrected chi connectivity index (χ4v) is 4.24. The van der Waals surface area contributed by atoms with E-state index in [1.54, 1.807) is 13.1 Å². The van der Waals surface area contributed by atoms with Gasteiger partial charge < -0.3 is 9.88 Å². The minimum atomic E-state index is -4.58. The third kappa shape index (κ3) is 4.01. The lowest BCUT2D eigenvalue weighted by molar-refractivity contribution is -0.141. The molecule has 0 bridgehead atoms. The molecule has 2 atom stereocenters. The predicted molar refractivity (Wildman–Crippen MR) is 117 cm³/mol. The average molecular weight is 479 g/mol. The van der Waals surface area contributed by atoms with Gasteiger partial charge in [-0.25, -0.2) is 9.38 Å². The summed E-state index contributed by atoms with van der Waals surface area (Å²) in [6.07, 6.45) is -1.84. The third-order valence-electron chi connectivity index (χ3n) is 5.70. The number of alkyl halides is 3. The first-order valence-electron chi connectivity index (χ1n) is 10.1. The van der Waals surface area contributed by atoms with E-state index in [2.05, 4.69) is 10.3 Å². The lowest BCUT2D eigenvalue weighted by atomic mass is 9.79. The molecule has 0 saturated carbocycles. The topological polar surface area (TPSA) is 59.3 Å². The van der Waals surface area contributed by atoms with Gasteiger partial charge >= 0.3 is 6.18 Å². The van der Waals surface area contributed by atoms with Crippen molar-refractivity contribution in [2.45, 2.75) is 38.1 Å². The van der Waals surface area contributed by atoms with Crippen LogP contribution in [0.5, 0.6) is 0 Å². The summed E-state index contributed by atoms with van der Waals surface area (Å²) >= 11 is 6.12. The van der Waals surface area contributed by atoms with Crippen LogP contribution >= 0.6 is 11.6 Å². The number of halogens is 5. The smallest absolute Gasteiger partial charge is 0.364 e. The molecule has 172 valence electrons. The molecule has 4 rings (SSSR count). The zero-order chi connectivity index (χ0) is 24.0. The molecular weight excluding hydrogens is 460 g/mol. The molecule has 0 saturated heterocycles. The van der Waals surface area contributed by atoms with Crippen molar-refractivity contribution in [3.63, 3.8) is 0 Å². The van der Waals surface area contributed by atoms with Crippen molar-refractivity contribution in [3.05, 3.63) is 98.4 Å². The summed E-state index contributed by atoms with van der Waals surface area (Å²) in [4.78, 5) is 20.7. The second-order valence-electron chi connectivity index (χ2n) is 7.70. The summed E-state index contributed by atoms with van der Waals surface area (Å²) in [6, 6.07) is 8.87. The van der Waals surface area contributed by atoms with Crippen LogP contribution < -0.4 is 10.9 Å². The van der Waals surface area contributed by atoms with Crippen molar-refractivity contribution in [1.82, 2.24) is 14.9 Å². The van der Waals surface area contributed by atoms with Crippen molar-refractivity contribution in [3.8, 4) is 0 Å². The molecule has 0 fully saturated rings. The van der Waals surface area contributed by atoms with Crippen LogP contribution in [0.4, 0.5) is 17.6 Å². The molecule has 1 aliphatic rings. The van der Waals surface area contributed by atoms with Gasteiger partial charge in [-0.3, -0.25) is 9.78 Å². The minimum absolute atomic E-state index is 0.0157. The molecule has 0 radical (unpaired) electrons. The average Bonchev–Trinajstić information content (AvgIpc) is 3.13. The number of nitrogens with one attached hydrogen (secondary N) is 1. The zero-order valence-electron chi connectivity index (χ0n) is 17.6. The Labute approximate surface area is 191 Å². The number of nitrogens with zero attached hydrogens (tertiary/aromatic N) is 3. The summed E-state index contributed by atoms with van der Waals surface area (Å²) in [6.45, 7) is 4.00. The summed E-state index contributed by atoms with van der Waals surface area (Å²) in [5.41, 5.74) is -1.06. The van der Waals surface area contributed by atoms with Gasteiger partial charge in [0.25, 0.3) is 5.56 Å². The lowest BCUT2D eigenvalue weighted by Gasteiger charge is -2.31. The van der Waals surface area contributed by atoms with E-state index in [9.17, 15) is 22.4 Å². The number of benzene rings is 1. The highest BCUT2D eigenvalue weighted by Gasteiger charge is 2.46. The highest BCUT2D eigenvalue weighted by Crippen LogP contribution is 2.41. The molecule has 0 aliphatic carbocycles. The van der Waals surface area contributed by atoms with E-state index in [0.717, 1.165) is 12.3 Å². The highest BCUT2D eigenvalue weighted by molar-refractivity contribution is 6.30. The number of hydrogen-bond acceptors (Lipinski definition) is 4. The van der Waals surface area contributed by atoms with Gasteiger partial charge in [0.05, 0.1) is 6.04 Å². The predicted octanol–water partition coefficient (Wildman–Crippen LogP) is 4.76. The maximum absolute atomic E-state index is 13.7. The van der Waals surface area contributed by atoms with Crippen molar-refractivity contribution < 1.29 is 17.6 Å². The Morgan fingerprint density at radius 2 is 1.82 bits per heavy atom. The van der Waals surface area contributed by atoms with E-state index in [4.69, 9.17) is 16.6 Å². The molecule has 1 aliphatic heterocycles. The quantitative estimate of drug-likeness (QED) is 0.550. The van der Waals surface area contributed by atoms with Crippen LogP contribution in [-0.4, -0.2) is 21.4 Å². The highest BCUT2D eigenvalue weighted by atomic mass is 35.5. The maximum Gasteiger partial charge on any atom is 0.433 e. The van der Waals surface area contributed by atoms with Crippen LogP contribution in [0, 0.1) is 5.82 Å². The second-order valence-corrected chi connectivity index (χ2v) is 8.10. The lowest BCUT2D eigenvalue weighted by Crippen LogP contribution is -2.41. The van der Waals surface area contributed by atoms with Crippen LogP contribution in [0.2, 0.25) is 5.02 Å². The summed E-state index contributed by atoms with van der Waals surface area (Å²) in [7, 11) is 0. The van der Waals surface area contributed by atoms with Crippen LogP contribution in [-0.2, 0) is 18.3 Å². The van der Waals surface area contributed by atoms with E-state index >= 15 is 0 Å². The Morgan fingerprint density at radius 3 is 2.39 bits per heavy atom. The fourth-order valence-electron chi connectivity index (χ4n) is 4.01. The van der Waals surface area contributed by atoms with E-state index in [1.165, 1.54) is 41.0 Å². The van der Waals surface area contributed by atoms with Gasteiger partial charge in [0.15, 0.2) is 0 Å². The van der Waals surface area contributed by atoms with E-state index < -0.39 is 29.3 Å². The normalized spacial score (nSPS) is 20.5. The van der Waals surface area contributed by atoms with Crippen molar-refractivity contribution in [2.24, 2.45) is 4.99 Å². The monoisotopic (exact) mass is 478 g/mol. The Morgan fingerprint density at radius 1 is 1.15 bits per heavy atom. The van der Waals surface area contributed by atoms with Crippen LogP contribution in [0.1, 0.15) is 36.2 Å². The van der Waals surface area contributed by atoms with Gasteiger partial charge in [-0.2, -0.15) is 13.2 Å². The van der Waals surface area contributed by atoms with Gasteiger partial charge in [0, 0.05) is 30.1 Å². The Hall–Kier alpha value is -3.20. The van der Waals surface area contributed by atoms with Gasteiger partial charge in [0.1, 0.15) is 27.9 Å². The summed E-state index contributed by atoms with van der Waals surface area (Å²) in [5, 5.41) is 3.26. The first-order valence-corrected chi connectivity index (χ1v) is 10.5. The maximum atomic E-state index is 13.7. The van der Waals surface area contributed by atoms with Gasteiger partial charge in [-0.15, -0.1) is 0 Å². The molecule has 3 heterocycles. The number of hydrogen-bond donors (Lipinski definition) is 1. The molecular formula is C23H19ClF4N4O. The van der Waals surface area contributed by atoms with E-state index in [-0.39, 0.29) is 10.6 Å². The Balaban J connectivity index is 1.92. The van der Waals surface area contributed by atoms with Crippen molar-refractivity contribution >= 4 is 17.4 Å². The van der Waals surface area contributed by atoms with Gasteiger partial charge in [-0.05, 0) is 43.7 Å².